The van der Waals surface area contributed by atoms with Gasteiger partial charge in [-0.15, -0.1) is 0 Å². The molecule has 1 aromatic heterocycles. The molecule has 4 rings (SSSR count). The molecule has 0 unspecified atom stereocenters. The van der Waals surface area contributed by atoms with E-state index in [1.807, 2.05) is 31.2 Å². The van der Waals surface area contributed by atoms with Gasteiger partial charge in [0, 0.05) is 17.5 Å². The van der Waals surface area contributed by atoms with E-state index in [-0.39, 0.29) is 17.5 Å². The van der Waals surface area contributed by atoms with Crippen molar-refractivity contribution >= 4 is 17.4 Å². The van der Waals surface area contributed by atoms with Crippen molar-refractivity contribution in [2.75, 3.05) is 11.1 Å². The molecule has 0 saturated heterocycles. The van der Waals surface area contributed by atoms with Gasteiger partial charge in [-0.1, -0.05) is 18.2 Å². The zero-order chi connectivity index (χ0) is 19.0. The number of rotatable bonds is 4. The number of benzene rings is 2. The second-order valence-corrected chi connectivity index (χ2v) is 6.82. The van der Waals surface area contributed by atoms with E-state index in [1.54, 1.807) is 12.1 Å². The Morgan fingerprint density at radius 3 is 2.70 bits per heavy atom. The van der Waals surface area contributed by atoms with Crippen LogP contribution >= 0.6 is 0 Å². The van der Waals surface area contributed by atoms with Crippen LogP contribution in [-0.4, -0.2) is 15.9 Å². The molecular formula is C21H19FN4O. The summed E-state index contributed by atoms with van der Waals surface area (Å²) in [6, 6.07) is 12.6. The Bertz CT molecular complexity index is 1030. The number of nitrogens with one attached hydrogen (secondary N) is 1. The van der Waals surface area contributed by atoms with Crippen LogP contribution in [0.3, 0.4) is 0 Å². The van der Waals surface area contributed by atoms with Gasteiger partial charge in [-0.3, -0.25) is 4.79 Å². The number of aryl methyl sites for hydroxylation is 1. The van der Waals surface area contributed by atoms with Crippen LogP contribution in [0.15, 0.2) is 48.8 Å². The summed E-state index contributed by atoms with van der Waals surface area (Å²) >= 11 is 0. The lowest BCUT2D eigenvalue weighted by Gasteiger charge is -2.10. The maximum Gasteiger partial charge on any atom is 0.228 e. The minimum atomic E-state index is -0.417. The van der Waals surface area contributed by atoms with Crippen LogP contribution < -0.4 is 11.1 Å². The summed E-state index contributed by atoms with van der Waals surface area (Å²) < 4.78 is 13.7. The van der Waals surface area contributed by atoms with Crippen LogP contribution in [0.2, 0.25) is 0 Å². The highest BCUT2D eigenvalue weighted by Gasteiger charge is 2.29. The van der Waals surface area contributed by atoms with E-state index in [4.69, 9.17) is 5.73 Å². The number of aromatic nitrogens is 2. The first-order valence-corrected chi connectivity index (χ1v) is 8.80. The van der Waals surface area contributed by atoms with Gasteiger partial charge in [-0.25, -0.2) is 14.4 Å². The smallest absolute Gasteiger partial charge is 0.228 e. The van der Waals surface area contributed by atoms with Gasteiger partial charge in [0.15, 0.2) is 0 Å². The van der Waals surface area contributed by atoms with E-state index >= 15 is 0 Å². The average Bonchev–Trinajstić information content (AvgIpc) is 3.50. The molecule has 3 aromatic rings. The van der Waals surface area contributed by atoms with E-state index in [1.165, 1.54) is 12.4 Å². The molecule has 0 aliphatic heterocycles. The summed E-state index contributed by atoms with van der Waals surface area (Å²) in [5, 5.41) is 2.83. The van der Waals surface area contributed by atoms with Crippen molar-refractivity contribution in [3.63, 3.8) is 0 Å². The number of halogens is 1. The molecule has 1 aliphatic carbocycles. The molecule has 0 radical (unpaired) electrons. The molecule has 1 heterocycles. The molecule has 1 amide bonds. The Kier molecular flexibility index (Phi) is 4.32. The van der Waals surface area contributed by atoms with Crippen LogP contribution in [0, 0.1) is 18.7 Å². The van der Waals surface area contributed by atoms with E-state index in [9.17, 15) is 9.18 Å². The van der Waals surface area contributed by atoms with E-state index in [2.05, 4.69) is 15.3 Å². The van der Waals surface area contributed by atoms with Crippen molar-refractivity contribution < 1.29 is 9.18 Å². The first-order valence-electron chi connectivity index (χ1n) is 8.80. The van der Waals surface area contributed by atoms with Gasteiger partial charge < -0.3 is 11.1 Å². The fourth-order valence-electron chi connectivity index (χ4n) is 3.00. The molecule has 0 atom stereocenters. The number of hydrogen-bond donors (Lipinski definition) is 2. The van der Waals surface area contributed by atoms with Gasteiger partial charge >= 0.3 is 0 Å². The topological polar surface area (TPSA) is 80.9 Å². The fourth-order valence-corrected chi connectivity index (χ4v) is 3.00. The molecule has 136 valence electrons. The molecule has 1 fully saturated rings. The molecule has 27 heavy (non-hydrogen) atoms. The van der Waals surface area contributed by atoms with Crippen LogP contribution in [0.4, 0.5) is 15.9 Å². The van der Waals surface area contributed by atoms with Crippen molar-refractivity contribution in [2.45, 2.75) is 19.8 Å². The van der Waals surface area contributed by atoms with Gasteiger partial charge in [0.2, 0.25) is 5.91 Å². The molecule has 1 aliphatic rings. The number of carbonyl (C=O) groups is 1. The highest BCUT2D eigenvalue weighted by atomic mass is 19.1. The highest BCUT2D eigenvalue weighted by Crippen LogP contribution is 2.32. The lowest BCUT2D eigenvalue weighted by molar-refractivity contribution is -0.117. The summed E-state index contributed by atoms with van der Waals surface area (Å²) in [6.45, 7) is 1.85. The standard InChI is InChI=1S/C21H19FN4O/c1-12-7-17(22)18(23)9-16(12)14-3-2-4-15(8-14)19-10-20(25-11-24-19)26-21(27)13-5-6-13/h2-4,7-11,13H,5-6,23H2,1H3,(H,24,25,26,27). The Labute approximate surface area is 156 Å². The number of nitrogens with two attached hydrogens (primary N) is 1. The number of nitrogen functional groups attached to an aromatic ring is 1. The van der Waals surface area contributed by atoms with Crippen molar-refractivity contribution in [3.8, 4) is 22.4 Å². The summed E-state index contributed by atoms with van der Waals surface area (Å²) in [5.41, 5.74) is 10.0. The summed E-state index contributed by atoms with van der Waals surface area (Å²) in [4.78, 5) is 20.4. The van der Waals surface area contributed by atoms with Crippen molar-refractivity contribution in [1.82, 2.24) is 9.97 Å². The molecular weight excluding hydrogens is 343 g/mol. The molecule has 0 bridgehead atoms. The Morgan fingerprint density at radius 1 is 1.15 bits per heavy atom. The lowest BCUT2D eigenvalue weighted by atomic mass is 9.97. The maximum absolute atomic E-state index is 13.7. The Morgan fingerprint density at radius 2 is 1.93 bits per heavy atom. The highest BCUT2D eigenvalue weighted by molar-refractivity contribution is 5.93. The third kappa shape index (κ3) is 3.65. The van der Waals surface area contributed by atoms with Crippen molar-refractivity contribution in [3.05, 3.63) is 60.2 Å². The van der Waals surface area contributed by atoms with E-state index < -0.39 is 5.82 Å². The monoisotopic (exact) mass is 362 g/mol. The van der Waals surface area contributed by atoms with Crippen LogP contribution in [0.1, 0.15) is 18.4 Å². The summed E-state index contributed by atoms with van der Waals surface area (Å²) in [5.74, 6) is 0.188. The largest absolute Gasteiger partial charge is 0.396 e. The molecule has 6 heteroatoms. The molecule has 5 nitrogen and oxygen atoms in total. The van der Waals surface area contributed by atoms with Gasteiger partial charge in [0.25, 0.3) is 0 Å². The van der Waals surface area contributed by atoms with E-state index in [0.717, 1.165) is 35.1 Å². The quantitative estimate of drug-likeness (QED) is 0.682. The molecule has 0 spiro atoms. The number of anilines is 2. The fraction of sp³-hybridized carbons (Fsp3) is 0.190. The lowest BCUT2D eigenvalue weighted by Crippen LogP contribution is -2.14. The second-order valence-electron chi connectivity index (χ2n) is 6.82. The van der Waals surface area contributed by atoms with Crippen LogP contribution in [0.25, 0.3) is 22.4 Å². The summed E-state index contributed by atoms with van der Waals surface area (Å²) in [7, 11) is 0. The minimum absolute atomic E-state index is 0.00538. The normalized spacial score (nSPS) is 13.4. The predicted octanol–water partition coefficient (Wildman–Crippen LogP) is 4.19. The third-order valence-electron chi connectivity index (χ3n) is 4.68. The molecule has 3 N–H and O–H groups in total. The van der Waals surface area contributed by atoms with Crippen molar-refractivity contribution in [1.29, 1.82) is 0 Å². The zero-order valence-corrected chi connectivity index (χ0v) is 14.9. The number of hydrogen-bond acceptors (Lipinski definition) is 4. The SMILES string of the molecule is Cc1cc(F)c(N)cc1-c1cccc(-c2cc(NC(=O)C3CC3)ncn2)c1. The number of nitrogens with zero attached hydrogens (tertiary/aromatic N) is 2. The van der Waals surface area contributed by atoms with Crippen LogP contribution in [0.5, 0.6) is 0 Å². The van der Waals surface area contributed by atoms with E-state index in [0.29, 0.717) is 11.5 Å². The first-order chi connectivity index (χ1) is 13.0. The zero-order valence-electron chi connectivity index (χ0n) is 14.9. The van der Waals surface area contributed by atoms with Gasteiger partial charge in [0.1, 0.15) is 18.0 Å². The predicted molar refractivity (Wildman–Crippen MR) is 103 cm³/mol. The molecule has 1 saturated carbocycles. The third-order valence-corrected chi connectivity index (χ3v) is 4.68. The molecule has 2 aromatic carbocycles. The average molecular weight is 362 g/mol. The maximum atomic E-state index is 13.7. The Hall–Kier alpha value is -3.28. The number of amides is 1. The first kappa shape index (κ1) is 17.1. The van der Waals surface area contributed by atoms with Gasteiger partial charge in [-0.2, -0.15) is 0 Å². The minimum Gasteiger partial charge on any atom is -0.396 e. The van der Waals surface area contributed by atoms with Gasteiger partial charge in [0.05, 0.1) is 11.4 Å². The van der Waals surface area contributed by atoms with Crippen molar-refractivity contribution in [2.24, 2.45) is 5.92 Å². The summed E-state index contributed by atoms with van der Waals surface area (Å²) in [6.07, 6.45) is 3.31. The van der Waals surface area contributed by atoms with Gasteiger partial charge in [-0.05, 0) is 54.7 Å². The van der Waals surface area contributed by atoms with Crippen LogP contribution in [-0.2, 0) is 4.79 Å². The Balaban J connectivity index is 1.67. The second kappa shape index (κ2) is 6.79. The number of carbonyl (C=O) groups excluding carboxylic acids is 1.